The Hall–Kier alpha value is 0.170. The lowest BCUT2D eigenvalue weighted by Gasteiger charge is -2.36. The smallest absolute Gasteiger partial charge is 0.157 e. The number of nitrogens with zero attached hydrogens (tertiary/aromatic N) is 1. The molecule has 0 amide bonds. The van der Waals surface area contributed by atoms with E-state index in [9.17, 15) is 0 Å². The average molecular weight is 301 g/mol. The summed E-state index contributed by atoms with van der Waals surface area (Å²) in [4.78, 5) is 4.76. The van der Waals surface area contributed by atoms with Crippen LogP contribution in [0.1, 0.15) is 51.9 Å². The lowest BCUT2D eigenvalue weighted by molar-refractivity contribution is 0.242. The normalized spacial score (nSPS) is 32.9. The van der Waals surface area contributed by atoms with Crippen LogP contribution in [0.3, 0.4) is 0 Å². The van der Waals surface area contributed by atoms with Gasteiger partial charge in [-0.05, 0) is 43.6 Å². The Bertz CT molecular complexity index is 307. The van der Waals surface area contributed by atoms with Crippen molar-refractivity contribution in [1.29, 1.82) is 0 Å². The highest BCUT2D eigenvalue weighted by Gasteiger charge is 2.40. The van der Waals surface area contributed by atoms with Crippen molar-refractivity contribution in [3.63, 3.8) is 0 Å². The summed E-state index contributed by atoms with van der Waals surface area (Å²) in [6, 6.07) is 0. The van der Waals surface area contributed by atoms with Crippen molar-refractivity contribution in [2.45, 2.75) is 57.4 Å². The van der Waals surface area contributed by atoms with Gasteiger partial charge in [0.25, 0.3) is 0 Å². The topological polar surface area (TPSA) is 24.4 Å². The number of nitrogens with one attached hydrogen (secondary N) is 1. The van der Waals surface area contributed by atoms with Crippen molar-refractivity contribution in [3.05, 3.63) is 0 Å². The fourth-order valence-electron chi connectivity index (χ4n) is 3.21. The standard InChI is InChI=1S/C15H28N2S2/c1-13-7-6-8-15(11-13)12-19-14(17-15)16-9-4-3-5-10-18-2/h13H,3-12H2,1-2H3,(H,16,17). The van der Waals surface area contributed by atoms with Gasteiger partial charge in [-0.1, -0.05) is 37.9 Å². The minimum Gasteiger partial charge on any atom is -0.359 e. The molecule has 1 saturated heterocycles. The van der Waals surface area contributed by atoms with Crippen LogP contribution in [0.25, 0.3) is 0 Å². The second-order valence-electron chi connectivity index (χ2n) is 6.14. The zero-order valence-electron chi connectivity index (χ0n) is 12.4. The lowest BCUT2D eigenvalue weighted by Crippen LogP contribution is -2.47. The predicted octanol–water partition coefficient (Wildman–Crippen LogP) is 4.16. The van der Waals surface area contributed by atoms with Crippen molar-refractivity contribution in [2.75, 3.05) is 24.3 Å². The van der Waals surface area contributed by atoms with E-state index in [-0.39, 0.29) is 0 Å². The molecule has 2 fully saturated rings. The molecule has 0 aromatic carbocycles. The predicted molar refractivity (Wildman–Crippen MR) is 90.5 cm³/mol. The summed E-state index contributed by atoms with van der Waals surface area (Å²) in [6.07, 6.45) is 11.6. The fourth-order valence-corrected chi connectivity index (χ4v) is 4.92. The van der Waals surface area contributed by atoms with Gasteiger partial charge in [0.05, 0.1) is 0 Å². The summed E-state index contributed by atoms with van der Waals surface area (Å²) in [5.41, 5.74) is 0.389. The Kier molecular flexibility index (Phi) is 6.40. The first-order valence-corrected chi connectivity index (χ1v) is 10.1. The molecule has 1 spiro atoms. The van der Waals surface area contributed by atoms with E-state index < -0.39 is 0 Å². The van der Waals surface area contributed by atoms with Crippen molar-refractivity contribution in [3.8, 4) is 0 Å². The molecule has 0 radical (unpaired) electrons. The molecule has 4 heteroatoms. The van der Waals surface area contributed by atoms with Crippen molar-refractivity contribution in [2.24, 2.45) is 10.9 Å². The molecule has 19 heavy (non-hydrogen) atoms. The highest BCUT2D eigenvalue weighted by atomic mass is 32.2. The largest absolute Gasteiger partial charge is 0.359 e. The number of hydrogen-bond donors (Lipinski definition) is 1. The van der Waals surface area contributed by atoms with Crippen LogP contribution in [0.2, 0.25) is 0 Å². The highest BCUT2D eigenvalue weighted by molar-refractivity contribution is 8.14. The quantitative estimate of drug-likeness (QED) is 0.745. The Morgan fingerprint density at radius 2 is 2.32 bits per heavy atom. The summed E-state index contributed by atoms with van der Waals surface area (Å²) in [7, 11) is 0. The van der Waals surface area contributed by atoms with E-state index in [0.717, 1.165) is 12.5 Å². The van der Waals surface area contributed by atoms with E-state index in [1.54, 1.807) is 0 Å². The van der Waals surface area contributed by atoms with Gasteiger partial charge in [-0.2, -0.15) is 11.8 Å². The van der Waals surface area contributed by atoms with Crippen LogP contribution >= 0.6 is 23.5 Å². The van der Waals surface area contributed by atoms with E-state index in [2.05, 4.69) is 18.5 Å². The van der Waals surface area contributed by atoms with Gasteiger partial charge in [-0.3, -0.25) is 4.99 Å². The van der Waals surface area contributed by atoms with Gasteiger partial charge in [0.15, 0.2) is 5.17 Å². The molecule has 2 aliphatic rings. The van der Waals surface area contributed by atoms with Crippen LogP contribution < -0.4 is 5.32 Å². The molecule has 2 unspecified atom stereocenters. The molecule has 0 bridgehead atoms. The molecule has 110 valence electrons. The average Bonchev–Trinajstić information content (AvgIpc) is 2.76. The molecule has 1 N–H and O–H groups in total. The monoisotopic (exact) mass is 300 g/mol. The van der Waals surface area contributed by atoms with E-state index in [0.29, 0.717) is 5.54 Å². The molecule has 1 aliphatic heterocycles. The first-order valence-electron chi connectivity index (χ1n) is 7.68. The van der Waals surface area contributed by atoms with Crippen molar-refractivity contribution >= 4 is 28.7 Å². The second-order valence-corrected chi connectivity index (χ2v) is 8.09. The molecular weight excluding hydrogens is 272 g/mol. The van der Waals surface area contributed by atoms with Crippen LogP contribution in [0.5, 0.6) is 0 Å². The molecule has 2 atom stereocenters. The third-order valence-corrected chi connectivity index (χ3v) is 6.11. The van der Waals surface area contributed by atoms with Crippen LogP contribution in [-0.2, 0) is 0 Å². The minimum atomic E-state index is 0.389. The Balaban J connectivity index is 1.69. The number of unbranched alkanes of at least 4 members (excludes halogenated alkanes) is 2. The minimum absolute atomic E-state index is 0.389. The van der Waals surface area contributed by atoms with Gasteiger partial charge < -0.3 is 5.32 Å². The first-order chi connectivity index (χ1) is 9.24. The summed E-state index contributed by atoms with van der Waals surface area (Å²) < 4.78 is 0. The Morgan fingerprint density at radius 3 is 3.11 bits per heavy atom. The van der Waals surface area contributed by atoms with Gasteiger partial charge in [0.1, 0.15) is 0 Å². The molecule has 2 nitrogen and oxygen atoms in total. The van der Waals surface area contributed by atoms with Crippen LogP contribution in [0, 0.1) is 5.92 Å². The molecule has 1 heterocycles. The number of hydrogen-bond acceptors (Lipinski definition) is 3. The summed E-state index contributed by atoms with van der Waals surface area (Å²) in [5.74, 6) is 3.42. The summed E-state index contributed by atoms with van der Waals surface area (Å²) >= 11 is 3.90. The lowest BCUT2D eigenvalue weighted by atomic mass is 9.78. The van der Waals surface area contributed by atoms with Gasteiger partial charge >= 0.3 is 0 Å². The zero-order chi connectivity index (χ0) is 13.6. The van der Waals surface area contributed by atoms with E-state index in [1.165, 1.54) is 61.6 Å². The number of thioether (sulfide) groups is 2. The van der Waals surface area contributed by atoms with E-state index in [1.807, 2.05) is 23.5 Å². The molecule has 0 aromatic heterocycles. The van der Waals surface area contributed by atoms with Gasteiger partial charge in [-0.25, -0.2) is 0 Å². The maximum Gasteiger partial charge on any atom is 0.157 e. The third kappa shape index (κ3) is 4.89. The summed E-state index contributed by atoms with van der Waals surface area (Å²) in [5, 5.41) is 4.97. The maximum absolute atomic E-state index is 4.76. The van der Waals surface area contributed by atoms with Gasteiger partial charge in [0, 0.05) is 17.8 Å². The van der Waals surface area contributed by atoms with Gasteiger partial charge in [0.2, 0.25) is 0 Å². The van der Waals surface area contributed by atoms with Crippen molar-refractivity contribution < 1.29 is 0 Å². The van der Waals surface area contributed by atoms with Crippen LogP contribution in [-0.4, -0.2) is 35.0 Å². The Labute approximate surface area is 127 Å². The number of aliphatic imine (C=N–C) groups is 1. The third-order valence-electron chi connectivity index (χ3n) is 4.21. The maximum atomic E-state index is 4.76. The molecule has 0 aromatic rings. The SMILES string of the molecule is CSCCCCCN=C1NC2(CCCC(C)C2)CS1. The van der Waals surface area contributed by atoms with Gasteiger partial charge in [-0.15, -0.1) is 0 Å². The Morgan fingerprint density at radius 1 is 1.42 bits per heavy atom. The van der Waals surface area contributed by atoms with E-state index >= 15 is 0 Å². The zero-order valence-corrected chi connectivity index (χ0v) is 14.0. The fraction of sp³-hybridized carbons (Fsp3) is 0.933. The van der Waals surface area contributed by atoms with Crippen molar-refractivity contribution in [1.82, 2.24) is 5.32 Å². The molecule has 1 aliphatic carbocycles. The molecule has 1 saturated carbocycles. The second kappa shape index (κ2) is 7.82. The highest BCUT2D eigenvalue weighted by Crippen LogP contribution is 2.38. The van der Waals surface area contributed by atoms with E-state index in [4.69, 9.17) is 4.99 Å². The molecular formula is C15H28N2S2. The first kappa shape index (κ1) is 15.6. The van der Waals surface area contributed by atoms with Crippen LogP contribution in [0.4, 0.5) is 0 Å². The number of amidine groups is 1. The summed E-state index contributed by atoms with van der Waals surface area (Å²) in [6.45, 7) is 3.41. The molecule has 2 rings (SSSR count). The number of rotatable bonds is 6. The van der Waals surface area contributed by atoms with Crippen LogP contribution in [0.15, 0.2) is 4.99 Å².